The van der Waals surface area contributed by atoms with Gasteiger partial charge >= 0.3 is 0 Å². The number of unbranched alkanes of at least 4 members (excludes halogenated alkanes) is 38. The molecule has 0 saturated heterocycles. The number of amides is 1. The van der Waals surface area contributed by atoms with Crippen molar-refractivity contribution in [2.75, 3.05) is 6.61 Å². The molecule has 4 nitrogen and oxygen atoms in total. The Labute approximate surface area is 351 Å². The average molecular weight is 788 g/mol. The van der Waals surface area contributed by atoms with Crippen LogP contribution in [0.25, 0.3) is 0 Å². The summed E-state index contributed by atoms with van der Waals surface area (Å²) in [6.45, 7) is 4.33. The highest BCUT2D eigenvalue weighted by Gasteiger charge is 2.17. The monoisotopic (exact) mass is 788 g/mol. The molecule has 1 amide bonds. The fourth-order valence-electron chi connectivity index (χ4n) is 8.02. The van der Waals surface area contributed by atoms with Gasteiger partial charge in [-0.05, 0) is 32.1 Å². The number of carbonyl (C=O) groups is 1. The molecule has 2 atom stereocenters. The predicted molar refractivity (Wildman–Crippen MR) is 249 cm³/mol. The minimum Gasteiger partial charge on any atom is -0.394 e. The van der Waals surface area contributed by atoms with Crippen molar-refractivity contribution >= 4 is 5.91 Å². The van der Waals surface area contributed by atoms with Gasteiger partial charge in [0.1, 0.15) is 0 Å². The highest BCUT2D eigenvalue weighted by atomic mass is 16.3. The highest BCUT2D eigenvalue weighted by molar-refractivity contribution is 5.76. The van der Waals surface area contributed by atoms with Crippen LogP contribution in [0.3, 0.4) is 0 Å². The molecule has 0 radical (unpaired) electrons. The fourth-order valence-corrected chi connectivity index (χ4v) is 8.02. The van der Waals surface area contributed by atoms with Crippen LogP contribution in [0, 0.1) is 0 Å². The largest absolute Gasteiger partial charge is 0.394 e. The maximum absolute atomic E-state index is 12.4. The number of hydrogen-bond acceptors (Lipinski definition) is 3. The molecule has 2 unspecified atom stereocenters. The van der Waals surface area contributed by atoms with Gasteiger partial charge in [0, 0.05) is 6.42 Å². The molecule has 56 heavy (non-hydrogen) atoms. The van der Waals surface area contributed by atoms with Gasteiger partial charge in [0.05, 0.1) is 18.8 Å². The molecule has 0 rings (SSSR count). The summed E-state index contributed by atoms with van der Waals surface area (Å²) in [4.78, 5) is 12.4. The zero-order valence-corrected chi connectivity index (χ0v) is 38.2. The van der Waals surface area contributed by atoms with E-state index in [4.69, 9.17) is 0 Å². The van der Waals surface area contributed by atoms with E-state index in [1.807, 2.05) is 6.08 Å². The Balaban J connectivity index is 3.52. The molecule has 0 aromatic heterocycles. The Bertz CT molecular complexity index is 810. The third kappa shape index (κ3) is 44.0. The summed E-state index contributed by atoms with van der Waals surface area (Å²) in [5, 5.41) is 23.1. The number of hydrogen-bond donors (Lipinski definition) is 3. The van der Waals surface area contributed by atoms with Crippen molar-refractivity contribution in [2.45, 2.75) is 296 Å². The van der Waals surface area contributed by atoms with Crippen molar-refractivity contribution in [3.8, 4) is 0 Å². The van der Waals surface area contributed by atoms with E-state index in [1.54, 1.807) is 6.08 Å². The molecule has 0 aromatic carbocycles. The molecule has 0 saturated carbocycles. The van der Waals surface area contributed by atoms with Gasteiger partial charge in [0.25, 0.3) is 0 Å². The first-order chi connectivity index (χ1) is 27.7. The van der Waals surface area contributed by atoms with E-state index in [0.29, 0.717) is 6.42 Å². The summed E-state index contributed by atoms with van der Waals surface area (Å²) in [6.07, 6.45) is 63.2. The van der Waals surface area contributed by atoms with Crippen molar-refractivity contribution in [3.05, 3.63) is 24.3 Å². The Morgan fingerprint density at radius 3 is 1.04 bits per heavy atom. The van der Waals surface area contributed by atoms with Crippen LogP contribution < -0.4 is 5.32 Å². The summed E-state index contributed by atoms with van der Waals surface area (Å²) in [7, 11) is 0. The maximum Gasteiger partial charge on any atom is 0.220 e. The predicted octanol–water partition coefficient (Wildman–Crippen LogP) is 16.4. The summed E-state index contributed by atoms with van der Waals surface area (Å²) in [6, 6.07) is -0.635. The molecule has 0 aliphatic carbocycles. The van der Waals surface area contributed by atoms with Gasteiger partial charge in [0.15, 0.2) is 0 Å². The first kappa shape index (κ1) is 54.9. The third-order valence-electron chi connectivity index (χ3n) is 11.9. The van der Waals surface area contributed by atoms with Crippen molar-refractivity contribution in [1.82, 2.24) is 5.32 Å². The van der Waals surface area contributed by atoms with E-state index in [-0.39, 0.29) is 12.5 Å². The first-order valence-corrected chi connectivity index (χ1v) is 25.6. The van der Waals surface area contributed by atoms with Crippen LogP contribution in [0.5, 0.6) is 0 Å². The smallest absolute Gasteiger partial charge is 0.220 e. The van der Waals surface area contributed by atoms with Gasteiger partial charge in [-0.1, -0.05) is 269 Å². The topological polar surface area (TPSA) is 69.6 Å². The van der Waals surface area contributed by atoms with E-state index >= 15 is 0 Å². The molecule has 3 N–H and O–H groups in total. The molecular formula is C52H101NO3. The molecule has 0 bridgehead atoms. The second-order valence-corrected chi connectivity index (χ2v) is 17.6. The Kier molecular flexibility index (Phi) is 47.3. The van der Waals surface area contributed by atoms with Gasteiger partial charge in [-0.3, -0.25) is 4.79 Å². The molecule has 0 heterocycles. The lowest BCUT2D eigenvalue weighted by Crippen LogP contribution is -2.45. The number of aliphatic hydroxyl groups is 2. The van der Waals surface area contributed by atoms with Crippen LogP contribution in [0.2, 0.25) is 0 Å². The zero-order valence-electron chi connectivity index (χ0n) is 38.2. The van der Waals surface area contributed by atoms with Gasteiger partial charge in [0.2, 0.25) is 5.91 Å². The molecule has 0 fully saturated rings. The number of rotatable bonds is 47. The minimum absolute atomic E-state index is 0.0689. The minimum atomic E-state index is -0.859. The lowest BCUT2D eigenvalue weighted by Gasteiger charge is -2.19. The van der Waals surface area contributed by atoms with Crippen LogP contribution >= 0.6 is 0 Å². The van der Waals surface area contributed by atoms with Crippen molar-refractivity contribution < 1.29 is 15.0 Å². The highest BCUT2D eigenvalue weighted by Crippen LogP contribution is 2.17. The van der Waals surface area contributed by atoms with Gasteiger partial charge in [-0.2, -0.15) is 0 Å². The number of allylic oxidation sites excluding steroid dienone is 3. The van der Waals surface area contributed by atoms with E-state index in [9.17, 15) is 15.0 Å². The Hall–Kier alpha value is -1.13. The quantitative estimate of drug-likeness (QED) is 0.0425. The van der Waals surface area contributed by atoms with Crippen LogP contribution in [-0.4, -0.2) is 34.9 Å². The van der Waals surface area contributed by atoms with Crippen LogP contribution in [0.15, 0.2) is 24.3 Å². The molecule has 0 aromatic rings. The SMILES string of the molecule is CCCCCCCCCCCCCCCCCCCCCCC/C=C/CC/C=C/C(O)C(CO)NC(=O)CCCCCCCCCCCCCCCCCCC. The maximum atomic E-state index is 12.4. The lowest BCUT2D eigenvalue weighted by atomic mass is 10.0. The van der Waals surface area contributed by atoms with Crippen LogP contribution in [-0.2, 0) is 4.79 Å². The van der Waals surface area contributed by atoms with Crippen LogP contribution in [0.1, 0.15) is 284 Å². The van der Waals surface area contributed by atoms with Crippen molar-refractivity contribution in [1.29, 1.82) is 0 Å². The molecule has 0 spiro atoms. The number of aliphatic hydroxyl groups excluding tert-OH is 2. The standard InChI is InChI=1S/C52H101NO3/c1-3-5-7-9-11-13-15-17-19-21-22-23-24-25-26-27-28-29-30-32-33-35-37-39-41-43-45-47-51(55)50(49-54)53-52(56)48-46-44-42-40-38-36-34-31-20-18-16-14-12-10-8-6-4-2/h37,39,45,47,50-51,54-55H,3-36,38,40-44,46,48-49H2,1-2H3,(H,53,56)/b39-37+,47-45+. The van der Waals surface area contributed by atoms with Gasteiger partial charge in [-0.25, -0.2) is 0 Å². The summed E-state index contributed by atoms with van der Waals surface area (Å²) >= 11 is 0. The molecule has 0 aliphatic rings. The zero-order chi connectivity index (χ0) is 40.7. The van der Waals surface area contributed by atoms with Crippen molar-refractivity contribution in [3.63, 3.8) is 0 Å². The molecular weight excluding hydrogens is 687 g/mol. The summed E-state index contributed by atoms with van der Waals surface area (Å²) in [5.74, 6) is -0.0689. The van der Waals surface area contributed by atoms with Crippen LogP contribution in [0.4, 0.5) is 0 Å². The average Bonchev–Trinajstić information content (AvgIpc) is 3.20. The second-order valence-electron chi connectivity index (χ2n) is 17.6. The Morgan fingerprint density at radius 2 is 0.696 bits per heavy atom. The van der Waals surface area contributed by atoms with E-state index in [0.717, 1.165) is 32.1 Å². The summed E-state index contributed by atoms with van der Waals surface area (Å²) in [5.41, 5.74) is 0. The fraction of sp³-hybridized carbons (Fsp3) is 0.904. The van der Waals surface area contributed by atoms with Crippen molar-refractivity contribution in [2.24, 2.45) is 0 Å². The number of carbonyl (C=O) groups excluding carboxylic acids is 1. The molecule has 4 heteroatoms. The molecule has 0 aliphatic heterocycles. The molecule has 332 valence electrons. The third-order valence-corrected chi connectivity index (χ3v) is 11.9. The number of nitrogens with one attached hydrogen (secondary N) is 1. The second kappa shape index (κ2) is 48.2. The summed E-state index contributed by atoms with van der Waals surface area (Å²) < 4.78 is 0. The lowest BCUT2D eigenvalue weighted by molar-refractivity contribution is -0.123. The van der Waals surface area contributed by atoms with E-state index in [1.165, 1.54) is 231 Å². The normalized spacial score (nSPS) is 13.0. The van der Waals surface area contributed by atoms with Gasteiger partial charge < -0.3 is 15.5 Å². The van der Waals surface area contributed by atoms with E-state index in [2.05, 4.69) is 31.3 Å². The first-order valence-electron chi connectivity index (χ1n) is 25.6. The van der Waals surface area contributed by atoms with E-state index < -0.39 is 12.1 Å². The Morgan fingerprint density at radius 1 is 0.411 bits per heavy atom. The van der Waals surface area contributed by atoms with Gasteiger partial charge in [-0.15, -0.1) is 0 Å².